The molecule has 4 nitrogen and oxygen atoms in total. The Bertz CT molecular complexity index is 588. The maximum absolute atomic E-state index is 8.73. The fraction of sp³-hybridized carbons (Fsp3) is 0.286. The summed E-state index contributed by atoms with van der Waals surface area (Å²) in [6.07, 6.45) is 3.31. The van der Waals surface area contributed by atoms with Crippen LogP contribution in [-0.4, -0.2) is 15.2 Å². The fourth-order valence-electron chi connectivity index (χ4n) is 1.51. The van der Waals surface area contributed by atoms with Crippen molar-refractivity contribution in [1.29, 1.82) is 5.26 Å². The molecule has 0 aliphatic carbocycles. The largest absolute Gasteiger partial charge is 0.253 e. The Labute approximate surface area is 106 Å². The van der Waals surface area contributed by atoms with Gasteiger partial charge >= 0.3 is 0 Å². The van der Waals surface area contributed by atoms with Crippen molar-refractivity contribution in [2.24, 2.45) is 0 Å². The minimum atomic E-state index is 0.0251. The second-order valence-electron chi connectivity index (χ2n) is 5.12. The summed E-state index contributed by atoms with van der Waals surface area (Å²) in [5, 5.41) is 16.8. The lowest BCUT2D eigenvalue weighted by atomic mass is 9.88. The first-order valence-electron chi connectivity index (χ1n) is 5.70. The van der Waals surface area contributed by atoms with Gasteiger partial charge in [0.15, 0.2) is 0 Å². The van der Waals surface area contributed by atoms with Crippen molar-refractivity contribution < 1.29 is 0 Å². The van der Waals surface area contributed by atoms with Crippen LogP contribution in [0.15, 0.2) is 30.6 Å². The highest BCUT2D eigenvalue weighted by Gasteiger charge is 2.15. The molecule has 0 aliphatic rings. The van der Waals surface area contributed by atoms with Crippen molar-refractivity contribution in [1.82, 2.24) is 15.2 Å². The van der Waals surface area contributed by atoms with Crippen molar-refractivity contribution >= 4 is 0 Å². The molecule has 18 heavy (non-hydrogen) atoms. The van der Waals surface area contributed by atoms with Crippen LogP contribution in [0.1, 0.15) is 31.9 Å². The zero-order chi connectivity index (χ0) is 13.2. The summed E-state index contributed by atoms with van der Waals surface area (Å²) in [7, 11) is 0. The second kappa shape index (κ2) is 4.53. The molecule has 0 N–H and O–H groups in total. The first-order chi connectivity index (χ1) is 8.50. The van der Waals surface area contributed by atoms with Crippen molar-refractivity contribution in [2.45, 2.75) is 26.2 Å². The van der Waals surface area contributed by atoms with Gasteiger partial charge in [-0.2, -0.15) is 10.4 Å². The molecule has 0 amide bonds. The topological polar surface area (TPSA) is 62.5 Å². The maximum atomic E-state index is 8.73. The van der Waals surface area contributed by atoms with Crippen LogP contribution in [0.3, 0.4) is 0 Å². The number of hydrogen-bond acceptors (Lipinski definition) is 4. The minimum Gasteiger partial charge on any atom is -0.253 e. The average Bonchev–Trinajstić information content (AvgIpc) is 2.38. The van der Waals surface area contributed by atoms with Gasteiger partial charge in [0.05, 0.1) is 17.5 Å². The zero-order valence-corrected chi connectivity index (χ0v) is 10.7. The summed E-state index contributed by atoms with van der Waals surface area (Å²) in [5.41, 5.74) is 3.13. The Morgan fingerprint density at radius 1 is 1.11 bits per heavy atom. The zero-order valence-electron chi connectivity index (χ0n) is 10.7. The van der Waals surface area contributed by atoms with Crippen molar-refractivity contribution in [3.63, 3.8) is 0 Å². The van der Waals surface area contributed by atoms with Crippen molar-refractivity contribution in [3.8, 4) is 17.5 Å². The lowest BCUT2D eigenvalue weighted by Gasteiger charge is -2.18. The van der Waals surface area contributed by atoms with Crippen LogP contribution < -0.4 is 0 Å². The Hall–Kier alpha value is -2.28. The number of pyridine rings is 1. The number of rotatable bonds is 1. The molecular formula is C14H14N4. The molecule has 0 spiro atoms. The third-order valence-corrected chi connectivity index (χ3v) is 2.68. The summed E-state index contributed by atoms with van der Waals surface area (Å²) in [4.78, 5) is 4.22. The molecule has 0 saturated heterocycles. The van der Waals surface area contributed by atoms with E-state index >= 15 is 0 Å². The van der Waals surface area contributed by atoms with E-state index in [0.717, 1.165) is 17.0 Å². The van der Waals surface area contributed by atoms with E-state index in [1.807, 2.05) is 12.1 Å². The summed E-state index contributed by atoms with van der Waals surface area (Å²) >= 11 is 0. The molecule has 0 aliphatic heterocycles. The van der Waals surface area contributed by atoms with Gasteiger partial charge < -0.3 is 0 Å². The quantitative estimate of drug-likeness (QED) is 0.766. The average molecular weight is 238 g/mol. The van der Waals surface area contributed by atoms with Crippen LogP contribution in [0, 0.1) is 11.3 Å². The minimum absolute atomic E-state index is 0.0251. The van der Waals surface area contributed by atoms with E-state index in [9.17, 15) is 0 Å². The molecule has 2 aromatic rings. The fourth-order valence-corrected chi connectivity index (χ4v) is 1.51. The summed E-state index contributed by atoms with van der Waals surface area (Å²) < 4.78 is 0. The lowest BCUT2D eigenvalue weighted by Crippen LogP contribution is -2.12. The van der Waals surface area contributed by atoms with Gasteiger partial charge in [-0.1, -0.05) is 20.8 Å². The normalized spacial score (nSPS) is 11.0. The second-order valence-corrected chi connectivity index (χ2v) is 5.12. The Balaban J connectivity index is 2.42. The highest BCUT2D eigenvalue weighted by Crippen LogP contribution is 2.24. The summed E-state index contributed by atoms with van der Waals surface area (Å²) in [6, 6.07) is 7.55. The van der Waals surface area contributed by atoms with Crippen LogP contribution in [0.5, 0.6) is 0 Å². The van der Waals surface area contributed by atoms with Gasteiger partial charge in [0.1, 0.15) is 11.8 Å². The molecule has 0 bridgehead atoms. The van der Waals surface area contributed by atoms with Gasteiger partial charge in [-0.15, -0.1) is 5.10 Å². The standard InChI is InChI=1S/C14H14N4/c1-14(2,3)11-6-13(18-17-9-11)12-5-4-10(7-15)8-16-12/h4-6,8-9H,1-3H3. The van der Waals surface area contributed by atoms with Gasteiger partial charge in [-0.25, -0.2) is 0 Å². The van der Waals surface area contributed by atoms with E-state index in [4.69, 9.17) is 5.26 Å². The van der Waals surface area contributed by atoms with E-state index in [2.05, 4.69) is 36.0 Å². The lowest BCUT2D eigenvalue weighted by molar-refractivity contribution is 0.585. The molecule has 0 saturated carbocycles. The third-order valence-electron chi connectivity index (χ3n) is 2.68. The molecule has 90 valence electrons. The van der Waals surface area contributed by atoms with E-state index in [-0.39, 0.29) is 5.41 Å². The highest BCUT2D eigenvalue weighted by molar-refractivity contribution is 5.55. The van der Waals surface area contributed by atoms with E-state index in [0.29, 0.717) is 5.56 Å². The molecule has 0 atom stereocenters. The van der Waals surface area contributed by atoms with E-state index in [1.165, 1.54) is 0 Å². The Morgan fingerprint density at radius 3 is 2.44 bits per heavy atom. The maximum Gasteiger partial charge on any atom is 0.112 e. The smallest absolute Gasteiger partial charge is 0.112 e. The number of nitriles is 1. The summed E-state index contributed by atoms with van der Waals surface area (Å²) in [6.45, 7) is 6.38. The number of hydrogen-bond donors (Lipinski definition) is 0. The molecule has 2 aromatic heterocycles. The molecule has 4 heteroatoms. The predicted molar refractivity (Wildman–Crippen MR) is 68.7 cm³/mol. The van der Waals surface area contributed by atoms with Crippen LogP contribution in [-0.2, 0) is 5.41 Å². The van der Waals surface area contributed by atoms with Crippen LogP contribution in [0.4, 0.5) is 0 Å². The van der Waals surface area contributed by atoms with Gasteiger partial charge in [0.25, 0.3) is 0 Å². The SMILES string of the molecule is CC(C)(C)c1cnnc(-c2ccc(C#N)cn2)c1. The van der Waals surface area contributed by atoms with Crippen LogP contribution >= 0.6 is 0 Å². The third kappa shape index (κ3) is 2.51. The monoisotopic (exact) mass is 238 g/mol. The van der Waals surface area contributed by atoms with Gasteiger partial charge in [0.2, 0.25) is 0 Å². The number of aromatic nitrogens is 3. The molecule has 0 fully saturated rings. The van der Waals surface area contributed by atoms with Gasteiger partial charge in [-0.05, 0) is 29.2 Å². The highest BCUT2D eigenvalue weighted by atomic mass is 15.1. The molecule has 2 heterocycles. The van der Waals surface area contributed by atoms with Crippen molar-refractivity contribution in [2.75, 3.05) is 0 Å². The van der Waals surface area contributed by atoms with Gasteiger partial charge in [-0.3, -0.25) is 4.98 Å². The first-order valence-corrected chi connectivity index (χ1v) is 5.70. The Morgan fingerprint density at radius 2 is 1.89 bits per heavy atom. The molecular weight excluding hydrogens is 224 g/mol. The molecule has 0 aromatic carbocycles. The van der Waals surface area contributed by atoms with E-state index in [1.54, 1.807) is 24.5 Å². The summed E-state index contributed by atoms with van der Waals surface area (Å²) in [5.74, 6) is 0. The van der Waals surface area contributed by atoms with E-state index < -0.39 is 0 Å². The number of nitrogens with zero attached hydrogens (tertiary/aromatic N) is 4. The Kier molecular flexibility index (Phi) is 3.07. The molecule has 0 radical (unpaired) electrons. The molecule has 0 unspecified atom stereocenters. The van der Waals surface area contributed by atoms with Crippen molar-refractivity contribution in [3.05, 3.63) is 41.7 Å². The predicted octanol–water partition coefficient (Wildman–Crippen LogP) is 2.71. The van der Waals surface area contributed by atoms with Crippen LogP contribution in [0.25, 0.3) is 11.4 Å². The first kappa shape index (κ1) is 12.2. The van der Waals surface area contributed by atoms with Gasteiger partial charge in [0, 0.05) is 6.20 Å². The molecule has 2 rings (SSSR count). The van der Waals surface area contributed by atoms with Crippen LogP contribution in [0.2, 0.25) is 0 Å².